The molecule has 25 heavy (non-hydrogen) atoms. The summed E-state index contributed by atoms with van der Waals surface area (Å²) >= 11 is 3.34. The third kappa shape index (κ3) is 4.90. The monoisotopic (exact) mass is 402 g/mol. The maximum Gasteiger partial charge on any atom is 0.255 e. The minimum absolute atomic E-state index is 0.119. The first-order valence-electron chi connectivity index (χ1n) is 8.18. The van der Waals surface area contributed by atoms with Gasteiger partial charge in [0.15, 0.2) is 0 Å². The summed E-state index contributed by atoms with van der Waals surface area (Å²) in [7, 11) is 0. The molecule has 2 aromatic rings. The van der Waals surface area contributed by atoms with E-state index in [0.29, 0.717) is 23.4 Å². The summed E-state index contributed by atoms with van der Waals surface area (Å²) < 4.78 is 6.41. The number of ether oxygens (including phenoxy) is 1. The Balaban J connectivity index is 1.55. The first-order chi connectivity index (χ1) is 12.1. The molecule has 1 aliphatic heterocycles. The van der Waals surface area contributed by atoms with Crippen molar-refractivity contribution >= 4 is 33.4 Å². The second kappa shape index (κ2) is 8.27. The van der Waals surface area contributed by atoms with Gasteiger partial charge < -0.3 is 15.4 Å². The lowest BCUT2D eigenvalue weighted by molar-refractivity contribution is 0.0857. The molecule has 0 bridgehead atoms. The van der Waals surface area contributed by atoms with Crippen LogP contribution in [0, 0.1) is 0 Å². The summed E-state index contributed by atoms with van der Waals surface area (Å²) in [5.41, 5.74) is 1.77. The Morgan fingerprint density at radius 2 is 1.64 bits per heavy atom. The van der Waals surface area contributed by atoms with E-state index in [1.165, 1.54) is 0 Å². The molecule has 2 aromatic carbocycles. The van der Waals surface area contributed by atoms with Crippen LogP contribution in [0.25, 0.3) is 0 Å². The Labute approximate surface area is 154 Å². The minimum Gasteiger partial charge on any atom is -0.376 e. The Hall–Kier alpha value is -2.18. The Bertz CT molecular complexity index is 738. The van der Waals surface area contributed by atoms with Crippen LogP contribution in [0.15, 0.2) is 53.0 Å². The molecule has 0 aromatic heterocycles. The van der Waals surface area contributed by atoms with Gasteiger partial charge in [0, 0.05) is 34.4 Å². The number of halogens is 1. The standard InChI is InChI=1S/C19H19BrN2O3/c20-15-7-3-14(4-8-15)19(24)22-16-9-5-13(6-10-16)18(23)21-12-17-2-1-11-25-17/h3-10,17H,1-2,11-12H2,(H,21,23)(H,22,24)/t17-/m0/s1. The summed E-state index contributed by atoms with van der Waals surface area (Å²) in [4.78, 5) is 24.3. The van der Waals surface area contributed by atoms with E-state index in [9.17, 15) is 9.59 Å². The topological polar surface area (TPSA) is 67.4 Å². The highest BCUT2D eigenvalue weighted by atomic mass is 79.9. The fourth-order valence-electron chi connectivity index (χ4n) is 2.62. The zero-order valence-electron chi connectivity index (χ0n) is 13.6. The minimum atomic E-state index is -0.192. The maximum absolute atomic E-state index is 12.2. The molecule has 0 unspecified atom stereocenters. The van der Waals surface area contributed by atoms with E-state index in [0.717, 1.165) is 23.9 Å². The van der Waals surface area contributed by atoms with E-state index in [2.05, 4.69) is 26.6 Å². The van der Waals surface area contributed by atoms with Crippen LogP contribution in [0.4, 0.5) is 5.69 Å². The molecule has 1 fully saturated rings. The van der Waals surface area contributed by atoms with E-state index in [-0.39, 0.29) is 17.9 Å². The van der Waals surface area contributed by atoms with Gasteiger partial charge in [0.1, 0.15) is 0 Å². The normalized spacial score (nSPS) is 16.4. The summed E-state index contributed by atoms with van der Waals surface area (Å²) in [6, 6.07) is 13.9. The Kier molecular flexibility index (Phi) is 5.83. The van der Waals surface area contributed by atoms with Gasteiger partial charge in [-0.1, -0.05) is 15.9 Å². The van der Waals surface area contributed by atoms with Crippen LogP contribution >= 0.6 is 15.9 Å². The molecule has 1 atom stereocenters. The first-order valence-corrected chi connectivity index (χ1v) is 8.98. The molecule has 5 nitrogen and oxygen atoms in total. The van der Waals surface area contributed by atoms with Crippen molar-refractivity contribution in [2.24, 2.45) is 0 Å². The third-order valence-electron chi connectivity index (χ3n) is 4.03. The van der Waals surface area contributed by atoms with Crippen molar-refractivity contribution in [3.63, 3.8) is 0 Å². The molecule has 0 aliphatic carbocycles. The molecular formula is C19H19BrN2O3. The van der Waals surface area contributed by atoms with Crippen LogP contribution in [0.2, 0.25) is 0 Å². The average molecular weight is 403 g/mol. The van der Waals surface area contributed by atoms with Crippen molar-refractivity contribution in [2.75, 3.05) is 18.5 Å². The lowest BCUT2D eigenvalue weighted by atomic mass is 10.1. The molecule has 2 N–H and O–H groups in total. The largest absolute Gasteiger partial charge is 0.376 e. The first kappa shape index (κ1) is 17.6. The molecule has 2 amide bonds. The quantitative estimate of drug-likeness (QED) is 0.802. The van der Waals surface area contributed by atoms with Crippen molar-refractivity contribution in [1.29, 1.82) is 0 Å². The van der Waals surface area contributed by atoms with Crippen LogP contribution in [-0.2, 0) is 4.74 Å². The molecule has 6 heteroatoms. The molecule has 1 saturated heterocycles. The van der Waals surface area contributed by atoms with Gasteiger partial charge in [-0.2, -0.15) is 0 Å². The SMILES string of the molecule is O=C(NC[C@@H]1CCCO1)c1ccc(NC(=O)c2ccc(Br)cc2)cc1. The van der Waals surface area contributed by atoms with Crippen LogP contribution in [0.1, 0.15) is 33.6 Å². The number of hydrogen-bond donors (Lipinski definition) is 2. The lowest BCUT2D eigenvalue weighted by Gasteiger charge is -2.11. The molecule has 3 rings (SSSR count). The number of carbonyl (C=O) groups is 2. The maximum atomic E-state index is 12.2. The number of anilines is 1. The third-order valence-corrected chi connectivity index (χ3v) is 4.55. The van der Waals surface area contributed by atoms with Crippen LogP contribution in [-0.4, -0.2) is 31.1 Å². The molecule has 1 heterocycles. The zero-order chi connectivity index (χ0) is 17.6. The molecule has 130 valence electrons. The van der Waals surface area contributed by atoms with Crippen molar-refractivity contribution in [1.82, 2.24) is 5.32 Å². The van der Waals surface area contributed by atoms with E-state index in [4.69, 9.17) is 4.74 Å². The van der Waals surface area contributed by atoms with Gasteiger partial charge in [-0.25, -0.2) is 0 Å². The predicted molar refractivity (Wildman–Crippen MR) is 99.8 cm³/mol. The molecular weight excluding hydrogens is 384 g/mol. The van der Waals surface area contributed by atoms with Crippen molar-refractivity contribution in [2.45, 2.75) is 18.9 Å². The number of hydrogen-bond acceptors (Lipinski definition) is 3. The fraction of sp³-hybridized carbons (Fsp3) is 0.263. The predicted octanol–water partition coefficient (Wildman–Crippen LogP) is 3.61. The van der Waals surface area contributed by atoms with Crippen LogP contribution in [0.5, 0.6) is 0 Å². The van der Waals surface area contributed by atoms with Crippen molar-refractivity contribution in [3.8, 4) is 0 Å². The number of amides is 2. The number of carbonyl (C=O) groups excluding carboxylic acids is 2. The van der Waals surface area contributed by atoms with Gasteiger partial charge in [-0.05, 0) is 61.4 Å². The van der Waals surface area contributed by atoms with Gasteiger partial charge in [-0.15, -0.1) is 0 Å². The number of rotatable bonds is 5. The molecule has 0 spiro atoms. The smallest absolute Gasteiger partial charge is 0.255 e. The van der Waals surface area contributed by atoms with Gasteiger partial charge in [0.2, 0.25) is 0 Å². The summed E-state index contributed by atoms with van der Waals surface area (Å²) in [5.74, 6) is -0.329. The van der Waals surface area contributed by atoms with E-state index in [1.807, 2.05) is 12.1 Å². The summed E-state index contributed by atoms with van der Waals surface area (Å²) in [6.45, 7) is 1.30. The summed E-state index contributed by atoms with van der Waals surface area (Å²) in [5, 5.41) is 5.69. The highest BCUT2D eigenvalue weighted by Gasteiger charge is 2.16. The van der Waals surface area contributed by atoms with Crippen LogP contribution in [0.3, 0.4) is 0 Å². The Morgan fingerprint density at radius 3 is 2.28 bits per heavy atom. The number of benzene rings is 2. The van der Waals surface area contributed by atoms with E-state index in [1.54, 1.807) is 36.4 Å². The van der Waals surface area contributed by atoms with Gasteiger partial charge in [0.25, 0.3) is 11.8 Å². The second-order valence-electron chi connectivity index (χ2n) is 5.88. The van der Waals surface area contributed by atoms with Gasteiger partial charge in [0.05, 0.1) is 6.10 Å². The average Bonchev–Trinajstić information content (AvgIpc) is 3.14. The van der Waals surface area contributed by atoms with Crippen molar-refractivity contribution in [3.05, 3.63) is 64.1 Å². The van der Waals surface area contributed by atoms with E-state index < -0.39 is 0 Å². The van der Waals surface area contributed by atoms with Gasteiger partial charge in [-0.3, -0.25) is 9.59 Å². The number of nitrogens with one attached hydrogen (secondary N) is 2. The van der Waals surface area contributed by atoms with Gasteiger partial charge >= 0.3 is 0 Å². The molecule has 1 aliphatic rings. The Morgan fingerprint density at radius 1 is 1.00 bits per heavy atom. The fourth-order valence-corrected chi connectivity index (χ4v) is 2.89. The van der Waals surface area contributed by atoms with Crippen LogP contribution < -0.4 is 10.6 Å². The molecule has 0 radical (unpaired) electrons. The summed E-state index contributed by atoms with van der Waals surface area (Å²) in [6.07, 6.45) is 2.16. The zero-order valence-corrected chi connectivity index (χ0v) is 15.2. The molecule has 0 saturated carbocycles. The van der Waals surface area contributed by atoms with Crippen molar-refractivity contribution < 1.29 is 14.3 Å². The lowest BCUT2D eigenvalue weighted by Crippen LogP contribution is -2.31. The highest BCUT2D eigenvalue weighted by molar-refractivity contribution is 9.10. The van der Waals surface area contributed by atoms with E-state index >= 15 is 0 Å². The second-order valence-corrected chi connectivity index (χ2v) is 6.80. The highest BCUT2D eigenvalue weighted by Crippen LogP contribution is 2.15.